The molecule has 1 aromatic carbocycles. The van der Waals surface area contributed by atoms with Crippen LogP contribution in [0, 0.1) is 11.3 Å². The van der Waals surface area contributed by atoms with E-state index in [9.17, 15) is 0 Å². The van der Waals surface area contributed by atoms with Gasteiger partial charge in [-0.2, -0.15) is 0 Å². The summed E-state index contributed by atoms with van der Waals surface area (Å²) < 4.78 is 0. The van der Waals surface area contributed by atoms with Crippen LogP contribution in [0.1, 0.15) is 70.0 Å². The molecule has 0 bridgehead atoms. The van der Waals surface area contributed by atoms with E-state index in [-0.39, 0.29) is 6.04 Å². The van der Waals surface area contributed by atoms with Gasteiger partial charge in [-0.3, -0.25) is 0 Å². The quantitative estimate of drug-likeness (QED) is 0.803. The Morgan fingerprint density at radius 2 is 1.68 bits per heavy atom. The second-order valence-corrected chi connectivity index (χ2v) is 6.74. The van der Waals surface area contributed by atoms with Crippen molar-refractivity contribution in [1.29, 1.82) is 0 Å². The van der Waals surface area contributed by atoms with Crippen molar-refractivity contribution < 1.29 is 0 Å². The summed E-state index contributed by atoms with van der Waals surface area (Å²) in [6.45, 7) is 6.85. The van der Waals surface area contributed by atoms with Crippen LogP contribution in [0.15, 0.2) is 24.3 Å². The van der Waals surface area contributed by atoms with Crippen molar-refractivity contribution in [2.45, 2.75) is 65.3 Å². The molecule has 1 aromatic rings. The van der Waals surface area contributed by atoms with Gasteiger partial charge in [0.15, 0.2) is 0 Å². The molecule has 1 fully saturated rings. The minimum Gasteiger partial charge on any atom is -0.323 e. The summed E-state index contributed by atoms with van der Waals surface area (Å²) in [6.07, 6.45) is 7.70. The second kappa shape index (κ2) is 6.09. The second-order valence-electron chi connectivity index (χ2n) is 6.74. The van der Waals surface area contributed by atoms with Gasteiger partial charge in [-0.25, -0.2) is 0 Å². The first-order valence-corrected chi connectivity index (χ1v) is 7.92. The zero-order valence-electron chi connectivity index (χ0n) is 12.8. The molecule has 0 spiro atoms. The summed E-state index contributed by atoms with van der Waals surface area (Å²) in [7, 11) is 0. The molecular weight excluding hydrogens is 230 g/mol. The summed E-state index contributed by atoms with van der Waals surface area (Å²) in [5.74, 6) is 0.735. The van der Waals surface area contributed by atoms with Crippen LogP contribution in [0.4, 0.5) is 0 Å². The average molecular weight is 259 g/mol. The van der Waals surface area contributed by atoms with E-state index < -0.39 is 0 Å². The molecule has 0 aliphatic heterocycles. The fourth-order valence-electron chi connectivity index (χ4n) is 3.85. The Morgan fingerprint density at radius 1 is 1.11 bits per heavy atom. The normalized spacial score (nSPS) is 19.8. The SMILES string of the molecule is CCc1ccc(C(N)C2(CC(C)C)CCCC2)cc1. The highest BCUT2D eigenvalue weighted by atomic mass is 14.7. The zero-order valence-corrected chi connectivity index (χ0v) is 12.8. The van der Waals surface area contributed by atoms with E-state index in [0.717, 1.165) is 12.3 Å². The molecule has 0 radical (unpaired) electrons. The van der Waals surface area contributed by atoms with Crippen molar-refractivity contribution in [3.05, 3.63) is 35.4 Å². The fraction of sp³-hybridized carbons (Fsp3) is 0.667. The maximum atomic E-state index is 6.68. The van der Waals surface area contributed by atoms with Gasteiger partial charge in [-0.05, 0) is 48.1 Å². The monoisotopic (exact) mass is 259 g/mol. The Morgan fingerprint density at radius 3 is 2.16 bits per heavy atom. The molecule has 1 atom stereocenters. The van der Waals surface area contributed by atoms with E-state index in [0.29, 0.717) is 5.41 Å². The minimum absolute atomic E-state index is 0.211. The van der Waals surface area contributed by atoms with Crippen molar-refractivity contribution in [3.8, 4) is 0 Å². The van der Waals surface area contributed by atoms with E-state index in [1.807, 2.05) is 0 Å². The van der Waals surface area contributed by atoms with E-state index in [2.05, 4.69) is 45.0 Å². The van der Waals surface area contributed by atoms with Crippen LogP contribution in [-0.2, 0) is 6.42 Å². The number of benzene rings is 1. The summed E-state index contributed by atoms with van der Waals surface area (Å²) in [4.78, 5) is 0. The maximum Gasteiger partial charge on any atom is 0.0352 e. The van der Waals surface area contributed by atoms with Gasteiger partial charge in [-0.15, -0.1) is 0 Å². The van der Waals surface area contributed by atoms with Gasteiger partial charge < -0.3 is 5.73 Å². The standard InChI is InChI=1S/C18H29N/c1-4-15-7-9-16(10-8-15)17(19)18(13-14(2)3)11-5-6-12-18/h7-10,14,17H,4-6,11-13,19H2,1-3H3. The molecule has 0 aromatic heterocycles. The van der Waals surface area contributed by atoms with Crippen LogP contribution in [0.25, 0.3) is 0 Å². The third kappa shape index (κ3) is 3.20. The molecule has 106 valence electrons. The number of hydrogen-bond acceptors (Lipinski definition) is 1. The molecule has 1 heteroatoms. The molecule has 2 N–H and O–H groups in total. The minimum atomic E-state index is 0.211. The van der Waals surface area contributed by atoms with Crippen LogP contribution in [-0.4, -0.2) is 0 Å². The van der Waals surface area contributed by atoms with Crippen molar-refractivity contribution in [3.63, 3.8) is 0 Å². The Bertz CT molecular complexity index is 385. The maximum absolute atomic E-state index is 6.68. The Kier molecular flexibility index (Phi) is 4.67. The van der Waals surface area contributed by atoms with Crippen LogP contribution in [0.3, 0.4) is 0 Å². The molecule has 1 aliphatic rings. The Labute approximate surface area is 118 Å². The third-order valence-electron chi connectivity index (χ3n) is 4.82. The topological polar surface area (TPSA) is 26.0 Å². The predicted molar refractivity (Wildman–Crippen MR) is 83.1 cm³/mol. The average Bonchev–Trinajstić information content (AvgIpc) is 2.87. The first-order valence-electron chi connectivity index (χ1n) is 7.92. The molecule has 1 nitrogen and oxygen atoms in total. The van der Waals surface area contributed by atoms with Crippen molar-refractivity contribution in [2.75, 3.05) is 0 Å². The van der Waals surface area contributed by atoms with Gasteiger partial charge in [0, 0.05) is 6.04 Å². The fourth-order valence-corrected chi connectivity index (χ4v) is 3.85. The summed E-state index contributed by atoms with van der Waals surface area (Å²) in [5, 5.41) is 0. The van der Waals surface area contributed by atoms with Gasteiger partial charge in [0.2, 0.25) is 0 Å². The highest BCUT2D eigenvalue weighted by molar-refractivity contribution is 5.26. The summed E-state index contributed by atoms with van der Waals surface area (Å²) in [5.41, 5.74) is 9.76. The largest absolute Gasteiger partial charge is 0.323 e. The predicted octanol–water partition coefficient (Wildman–Crippen LogP) is 4.86. The Hall–Kier alpha value is -0.820. The van der Waals surface area contributed by atoms with Gasteiger partial charge in [0.1, 0.15) is 0 Å². The lowest BCUT2D eigenvalue weighted by Gasteiger charge is -2.37. The first-order chi connectivity index (χ1) is 9.07. The number of hydrogen-bond donors (Lipinski definition) is 1. The van der Waals surface area contributed by atoms with Crippen LogP contribution in [0.2, 0.25) is 0 Å². The van der Waals surface area contributed by atoms with Crippen molar-refractivity contribution in [1.82, 2.24) is 0 Å². The number of aryl methyl sites for hydroxylation is 1. The van der Waals surface area contributed by atoms with E-state index in [1.54, 1.807) is 0 Å². The Balaban J connectivity index is 2.20. The highest BCUT2D eigenvalue weighted by Gasteiger charge is 2.40. The lowest BCUT2D eigenvalue weighted by Crippen LogP contribution is -2.33. The molecule has 1 aliphatic carbocycles. The van der Waals surface area contributed by atoms with Gasteiger partial charge in [0.05, 0.1) is 0 Å². The van der Waals surface area contributed by atoms with E-state index >= 15 is 0 Å². The molecule has 19 heavy (non-hydrogen) atoms. The molecule has 1 unspecified atom stereocenters. The number of rotatable bonds is 5. The smallest absolute Gasteiger partial charge is 0.0352 e. The van der Waals surface area contributed by atoms with Gasteiger partial charge in [-0.1, -0.05) is 57.9 Å². The lowest BCUT2D eigenvalue weighted by atomic mass is 9.71. The molecular formula is C18H29N. The third-order valence-corrected chi connectivity index (χ3v) is 4.82. The summed E-state index contributed by atoms with van der Waals surface area (Å²) in [6, 6.07) is 9.21. The van der Waals surface area contributed by atoms with Crippen LogP contribution in [0.5, 0.6) is 0 Å². The zero-order chi connectivity index (χ0) is 13.9. The molecule has 0 heterocycles. The number of nitrogens with two attached hydrogens (primary N) is 1. The van der Waals surface area contributed by atoms with Crippen molar-refractivity contribution in [2.24, 2.45) is 17.1 Å². The molecule has 0 amide bonds. The molecule has 1 saturated carbocycles. The van der Waals surface area contributed by atoms with Crippen molar-refractivity contribution >= 4 is 0 Å². The van der Waals surface area contributed by atoms with Crippen LogP contribution >= 0.6 is 0 Å². The first kappa shape index (κ1) is 14.6. The van der Waals surface area contributed by atoms with Crippen LogP contribution < -0.4 is 5.73 Å². The van der Waals surface area contributed by atoms with Gasteiger partial charge >= 0.3 is 0 Å². The molecule has 0 saturated heterocycles. The van der Waals surface area contributed by atoms with E-state index in [1.165, 1.54) is 43.2 Å². The van der Waals surface area contributed by atoms with Gasteiger partial charge in [0.25, 0.3) is 0 Å². The highest BCUT2D eigenvalue weighted by Crippen LogP contribution is 2.50. The van der Waals surface area contributed by atoms with E-state index in [4.69, 9.17) is 5.73 Å². The lowest BCUT2D eigenvalue weighted by molar-refractivity contribution is 0.183. The molecule has 2 rings (SSSR count). The summed E-state index contributed by atoms with van der Waals surface area (Å²) >= 11 is 0.